The lowest BCUT2D eigenvalue weighted by Gasteiger charge is -2.07. The van der Waals surface area contributed by atoms with E-state index in [0.717, 1.165) is 0 Å². The number of carbonyl (C=O) groups is 1. The summed E-state index contributed by atoms with van der Waals surface area (Å²) in [5.74, 6) is -0.618. The second kappa shape index (κ2) is 5.90. The summed E-state index contributed by atoms with van der Waals surface area (Å²) in [4.78, 5) is 15.9. The third-order valence-corrected chi connectivity index (χ3v) is 4.14. The molecule has 0 aliphatic heterocycles. The Kier molecular flexibility index (Phi) is 4.20. The number of benzene rings is 1. The van der Waals surface area contributed by atoms with Gasteiger partial charge in [0.05, 0.1) is 4.90 Å². The predicted molar refractivity (Wildman–Crippen MR) is 76.5 cm³/mol. The van der Waals surface area contributed by atoms with Crippen LogP contribution in [0.5, 0.6) is 5.75 Å². The number of hydrogen-bond acceptors (Lipinski definition) is 5. The highest BCUT2D eigenvalue weighted by atomic mass is 32.2. The molecule has 21 heavy (non-hydrogen) atoms. The monoisotopic (exact) mass is 307 g/mol. The summed E-state index contributed by atoms with van der Waals surface area (Å²) in [6.45, 7) is 0. The number of nitrogens with zero attached hydrogens (tertiary/aromatic N) is 1. The summed E-state index contributed by atoms with van der Waals surface area (Å²) >= 11 is 0. The number of carbonyl (C=O) groups excluding carboxylic acids is 1. The zero-order valence-electron chi connectivity index (χ0n) is 11.1. The van der Waals surface area contributed by atoms with E-state index >= 15 is 0 Å². The normalized spacial score (nSPS) is 11.1. The maximum Gasteiger partial charge on any atom is 0.256 e. The molecule has 1 heterocycles. The van der Waals surface area contributed by atoms with Crippen LogP contribution in [0, 0.1) is 0 Å². The van der Waals surface area contributed by atoms with Crippen molar-refractivity contribution in [2.75, 3.05) is 12.4 Å². The Hall–Kier alpha value is -2.45. The van der Waals surface area contributed by atoms with Crippen LogP contribution in [0.25, 0.3) is 0 Å². The van der Waals surface area contributed by atoms with Gasteiger partial charge in [-0.05, 0) is 43.4 Å². The maximum atomic E-state index is 12.0. The second-order valence-corrected chi connectivity index (χ2v) is 5.94. The molecular formula is C13H13N3O4S. The van der Waals surface area contributed by atoms with Gasteiger partial charge in [0.1, 0.15) is 0 Å². The lowest BCUT2D eigenvalue weighted by atomic mass is 10.2. The van der Waals surface area contributed by atoms with E-state index < -0.39 is 15.9 Å². The first-order valence-electron chi connectivity index (χ1n) is 5.93. The standard InChI is InChI=1S/C13H13N3O4S/c1-14-21(19,20)10-6-4-9(5-7-10)13(18)16-12-11(17)3-2-8-15-12/h2-8,14,17H,1H3,(H,15,16,18). The molecule has 8 heteroatoms. The molecule has 2 aromatic rings. The lowest BCUT2D eigenvalue weighted by molar-refractivity contribution is 0.102. The number of sulfonamides is 1. The van der Waals surface area contributed by atoms with Gasteiger partial charge >= 0.3 is 0 Å². The fraction of sp³-hybridized carbons (Fsp3) is 0.0769. The summed E-state index contributed by atoms with van der Waals surface area (Å²) < 4.78 is 25.3. The number of aromatic hydroxyl groups is 1. The number of hydrogen-bond donors (Lipinski definition) is 3. The average Bonchev–Trinajstić information content (AvgIpc) is 2.49. The summed E-state index contributed by atoms with van der Waals surface area (Å²) in [5, 5.41) is 12.0. The van der Waals surface area contributed by atoms with Crippen LogP contribution in [-0.4, -0.2) is 31.5 Å². The number of rotatable bonds is 4. The van der Waals surface area contributed by atoms with Gasteiger partial charge in [-0.1, -0.05) is 0 Å². The molecule has 1 aromatic carbocycles. The van der Waals surface area contributed by atoms with Gasteiger partial charge in [0.15, 0.2) is 11.6 Å². The van der Waals surface area contributed by atoms with Gasteiger partial charge in [-0.2, -0.15) is 0 Å². The van der Waals surface area contributed by atoms with E-state index in [1.165, 1.54) is 49.6 Å². The van der Waals surface area contributed by atoms with Crippen LogP contribution >= 0.6 is 0 Å². The third-order valence-electron chi connectivity index (χ3n) is 2.71. The number of amides is 1. The molecule has 7 nitrogen and oxygen atoms in total. The highest BCUT2D eigenvalue weighted by molar-refractivity contribution is 7.89. The predicted octanol–water partition coefficient (Wildman–Crippen LogP) is 0.948. The summed E-state index contributed by atoms with van der Waals surface area (Å²) in [6.07, 6.45) is 1.43. The lowest BCUT2D eigenvalue weighted by Crippen LogP contribution is -2.19. The summed E-state index contributed by atoms with van der Waals surface area (Å²) in [6, 6.07) is 8.31. The number of pyridine rings is 1. The highest BCUT2D eigenvalue weighted by Gasteiger charge is 2.13. The Morgan fingerprint density at radius 2 is 1.86 bits per heavy atom. The molecule has 0 saturated carbocycles. The van der Waals surface area contributed by atoms with Crippen LogP contribution in [0.4, 0.5) is 5.82 Å². The Morgan fingerprint density at radius 1 is 1.19 bits per heavy atom. The maximum absolute atomic E-state index is 12.0. The van der Waals surface area contributed by atoms with Crippen LogP contribution in [-0.2, 0) is 10.0 Å². The third kappa shape index (κ3) is 3.36. The molecular weight excluding hydrogens is 294 g/mol. The zero-order chi connectivity index (χ0) is 15.5. The molecule has 1 amide bonds. The molecule has 0 aliphatic rings. The first-order valence-corrected chi connectivity index (χ1v) is 7.41. The van der Waals surface area contributed by atoms with E-state index in [1.54, 1.807) is 0 Å². The molecule has 3 N–H and O–H groups in total. The number of nitrogens with one attached hydrogen (secondary N) is 2. The Bertz CT molecular complexity index is 757. The second-order valence-electron chi connectivity index (χ2n) is 4.06. The Labute approximate surface area is 121 Å². The van der Waals surface area contributed by atoms with Crippen LogP contribution in [0.3, 0.4) is 0 Å². The number of aromatic nitrogens is 1. The summed E-state index contributed by atoms with van der Waals surface area (Å²) in [7, 11) is -2.23. The van der Waals surface area contributed by atoms with Crippen LogP contribution in [0.2, 0.25) is 0 Å². The van der Waals surface area contributed by atoms with E-state index in [9.17, 15) is 18.3 Å². The summed E-state index contributed by atoms with van der Waals surface area (Å²) in [5.41, 5.74) is 0.245. The number of anilines is 1. The van der Waals surface area contributed by atoms with Gasteiger partial charge in [-0.15, -0.1) is 0 Å². The van der Waals surface area contributed by atoms with Crippen molar-refractivity contribution in [3.63, 3.8) is 0 Å². The van der Waals surface area contributed by atoms with Crippen molar-refractivity contribution in [1.29, 1.82) is 0 Å². The van der Waals surface area contributed by atoms with E-state index in [4.69, 9.17) is 0 Å². The minimum atomic E-state index is -3.54. The van der Waals surface area contributed by atoms with Crippen molar-refractivity contribution in [2.45, 2.75) is 4.90 Å². The average molecular weight is 307 g/mol. The van der Waals surface area contributed by atoms with Gasteiger partial charge in [0, 0.05) is 11.8 Å². The van der Waals surface area contributed by atoms with E-state index in [0.29, 0.717) is 0 Å². The molecule has 0 bridgehead atoms. The molecule has 0 fully saturated rings. The van der Waals surface area contributed by atoms with Crippen molar-refractivity contribution in [3.05, 3.63) is 48.2 Å². The fourth-order valence-corrected chi connectivity index (χ4v) is 2.31. The fourth-order valence-electron chi connectivity index (χ4n) is 1.58. The quantitative estimate of drug-likeness (QED) is 0.779. The Balaban J connectivity index is 2.20. The molecule has 0 unspecified atom stereocenters. The molecule has 2 rings (SSSR count). The van der Waals surface area contributed by atoms with Crippen molar-refractivity contribution in [1.82, 2.24) is 9.71 Å². The van der Waals surface area contributed by atoms with Crippen LogP contribution in [0.15, 0.2) is 47.5 Å². The highest BCUT2D eigenvalue weighted by Crippen LogP contribution is 2.19. The molecule has 0 aliphatic carbocycles. The van der Waals surface area contributed by atoms with E-state index in [1.807, 2.05) is 0 Å². The first kappa shape index (κ1) is 14.9. The van der Waals surface area contributed by atoms with E-state index in [2.05, 4.69) is 15.0 Å². The van der Waals surface area contributed by atoms with Crippen LogP contribution in [0.1, 0.15) is 10.4 Å². The van der Waals surface area contributed by atoms with Crippen molar-refractivity contribution in [2.24, 2.45) is 0 Å². The van der Waals surface area contributed by atoms with Crippen LogP contribution < -0.4 is 10.0 Å². The van der Waals surface area contributed by atoms with Gasteiger partial charge in [-0.25, -0.2) is 18.1 Å². The SMILES string of the molecule is CNS(=O)(=O)c1ccc(C(=O)Nc2ncccc2O)cc1. The molecule has 0 radical (unpaired) electrons. The Morgan fingerprint density at radius 3 is 2.43 bits per heavy atom. The molecule has 1 aromatic heterocycles. The van der Waals surface area contributed by atoms with Crippen molar-refractivity contribution >= 4 is 21.7 Å². The van der Waals surface area contributed by atoms with E-state index in [-0.39, 0.29) is 22.0 Å². The first-order chi connectivity index (χ1) is 9.94. The van der Waals surface area contributed by atoms with Gasteiger partial charge in [-0.3, -0.25) is 4.79 Å². The minimum absolute atomic E-state index is 0.0365. The van der Waals surface area contributed by atoms with Crippen molar-refractivity contribution in [3.8, 4) is 5.75 Å². The largest absolute Gasteiger partial charge is 0.504 e. The van der Waals surface area contributed by atoms with Gasteiger partial charge < -0.3 is 10.4 Å². The van der Waals surface area contributed by atoms with Gasteiger partial charge in [0.25, 0.3) is 5.91 Å². The molecule has 0 saturated heterocycles. The molecule has 0 atom stereocenters. The van der Waals surface area contributed by atoms with Gasteiger partial charge in [0.2, 0.25) is 10.0 Å². The molecule has 0 spiro atoms. The zero-order valence-corrected chi connectivity index (χ0v) is 11.9. The van der Waals surface area contributed by atoms with Crippen molar-refractivity contribution < 1.29 is 18.3 Å². The molecule has 110 valence electrons. The smallest absolute Gasteiger partial charge is 0.256 e. The topological polar surface area (TPSA) is 108 Å². The minimum Gasteiger partial charge on any atom is -0.504 e.